The number of rotatable bonds is 9. The largest absolute Gasteiger partial charge is 0.444 e. The van der Waals surface area contributed by atoms with Crippen LogP contribution < -0.4 is 15.2 Å². The van der Waals surface area contributed by atoms with E-state index in [1.54, 1.807) is 15.5 Å². The smallest absolute Gasteiger partial charge is 0.410 e. The lowest BCUT2D eigenvalue weighted by atomic mass is 10.0. The molecule has 1 aliphatic rings. The van der Waals surface area contributed by atoms with Crippen LogP contribution in [0.3, 0.4) is 0 Å². The lowest BCUT2D eigenvalue weighted by Gasteiger charge is -2.36. The summed E-state index contributed by atoms with van der Waals surface area (Å²) in [6.07, 6.45) is 2.10. The first-order valence-electron chi connectivity index (χ1n) is 17.0. The van der Waals surface area contributed by atoms with Crippen molar-refractivity contribution in [2.75, 3.05) is 31.1 Å². The predicted molar refractivity (Wildman–Crippen MR) is 196 cm³/mol. The number of benzene rings is 3. The Bertz CT molecular complexity index is 1970. The normalized spacial score (nSPS) is 14.3. The average Bonchev–Trinajstić information content (AvgIpc) is 3.03. The summed E-state index contributed by atoms with van der Waals surface area (Å²) in [6, 6.07) is 20.6. The number of hydrogen-bond acceptors (Lipinski definition) is 7. The minimum absolute atomic E-state index is 0.163. The van der Waals surface area contributed by atoms with E-state index >= 15 is 0 Å². The molecule has 5 rings (SSSR count). The minimum atomic E-state index is -3.91. The number of aromatic nitrogens is 2. The van der Waals surface area contributed by atoms with Gasteiger partial charge in [0.1, 0.15) is 11.4 Å². The van der Waals surface area contributed by atoms with Crippen LogP contribution in [-0.4, -0.2) is 66.3 Å². The molecule has 1 fully saturated rings. The highest BCUT2D eigenvalue weighted by atomic mass is 32.2. The van der Waals surface area contributed by atoms with Crippen LogP contribution >= 0.6 is 0 Å². The van der Waals surface area contributed by atoms with Crippen LogP contribution in [0, 0.1) is 0 Å². The number of unbranched alkanes of at least 4 members (excludes halogenated alkanes) is 1. The quantitative estimate of drug-likeness (QED) is 0.211. The first kappa shape index (κ1) is 36.1. The Hall–Kier alpha value is -4.22. The molecule has 3 aromatic carbocycles. The lowest BCUT2D eigenvalue weighted by molar-refractivity contribution is 0.0240. The molecule has 11 heteroatoms. The van der Waals surface area contributed by atoms with E-state index < -0.39 is 21.2 Å². The van der Waals surface area contributed by atoms with Crippen molar-refractivity contribution < 1.29 is 17.9 Å². The minimum Gasteiger partial charge on any atom is -0.444 e. The Morgan fingerprint density at radius 3 is 2.24 bits per heavy atom. The summed E-state index contributed by atoms with van der Waals surface area (Å²) in [4.78, 5) is 35.9. The number of anilines is 1. The Morgan fingerprint density at radius 1 is 0.918 bits per heavy atom. The molecule has 1 amide bonds. The van der Waals surface area contributed by atoms with Gasteiger partial charge in [-0.05, 0) is 83.4 Å². The molecule has 1 saturated heterocycles. The highest BCUT2D eigenvalue weighted by Crippen LogP contribution is 2.30. The monoisotopic (exact) mass is 687 g/mol. The average molecular weight is 688 g/mol. The van der Waals surface area contributed by atoms with Crippen molar-refractivity contribution in [3.63, 3.8) is 0 Å². The van der Waals surface area contributed by atoms with E-state index in [-0.39, 0.29) is 23.1 Å². The van der Waals surface area contributed by atoms with Crippen LogP contribution in [0.25, 0.3) is 22.0 Å². The van der Waals surface area contributed by atoms with Crippen molar-refractivity contribution in [1.82, 2.24) is 19.2 Å². The molecule has 2 heterocycles. The zero-order valence-corrected chi connectivity index (χ0v) is 30.6. The maximum atomic E-state index is 14.3. The Kier molecular flexibility index (Phi) is 10.5. The van der Waals surface area contributed by atoms with Crippen LogP contribution in [0.5, 0.6) is 0 Å². The molecule has 1 aliphatic heterocycles. The number of fused-ring (bicyclic) bond motifs is 1. The molecule has 0 bridgehead atoms. The summed E-state index contributed by atoms with van der Waals surface area (Å²) in [6.45, 7) is 15.5. The fourth-order valence-corrected chi connectivity index (χ4v) is 7.70. The topological polar surface area (TPSA) is 114 Å². The van der Waals surface area contributed by atoms with Gasteiger partial charge in [0.25, 0.3) is 5.56 Å². The van der Waals surface area contributed by atoms with Gasteiger partial charge in [0.05, 0.1) is 22.3 Å². The van der Waals surface area contributed by atoms with Gasteiger partial charge in [-0.3, -0.25) is 9.36 Å². The molecule has 1 N–H and O–H groups in total. The molecule has 0 radical (unpaired) electrons. The van der Waals surface area contributed by atoms with Gasteiger partial charge in [-0.1, -0.05) is 55.8 Å². The number of amides is 1. The number of ether oxygens (including phenoxy) is 1. The molecular weight excluding hydrogens is 639 g/mol. The molecule has 1 aromatic heterocycles. The van der Waals surface area contributed by atoms with Crippen molar-refractivity contribution in [1.29, 1.82) is 0 Å². The zero-order valence-electron chi connectivity index (χ0n) is 29.7. The van der Waals surface area contributed by atoms with Gasteiger partial charge in [-0.15, -0.1) is 0 Å². The van der Waals surface area contributed by atoms with Gasteiger partial charge >= 0.3 is 6.09 Å². The molecule has 10 nitrogen and oxygen atoms in total. The fraction of sp³-hybridized carbons (Fsp3) is 0.447. The third-order valence-electron chi connectivity index (χ3n) is 8.27. The number of sulfonamides is 1. The standard InChI is InChI=1S/C38H49N5O5S/c1-8-9-15-34-39-32-19-17-29(41-20-22-42(23-21-41)36(45)48-38(5,6)7)25-31(32)35(44)43(34)26-27-16-18-30(28-13-11-10-12-14-28)33(24-27)49(46,47)40-37(2,3)4/h10-14,16-19,24-25,40H,8-9,15,20-23,26H2,1-7H3. The second-order valence-corrected chi connectivity index (χ2v) is 16.4. The lowest BCUT2D eigenvalue weighted by Crippen LogP contribution is -2.50. The summed E-state index contributed by atoms with van der Waals surface area (Å²) < 4.78 is 37.6. The van der Waals surface area contributed by atoms with Crippen molar-refractivity contribution in [3.8, 4) is 11.1 Å². The predicted octanol–water partition coefficient (Wildman–Crippen LogP) is 6.59. The number of carbonyl (C=O) groups is 1. The number of piperazine rings is 1. The van der Waals surface area contributed by atoms with E-state index in [1.807, 2.05) is 102 Å². The second-order valence-electron chi connectivity index (χ2n) is 14.7. The number of nitrogens with one attached hydrogen (secondary N) is 1. The zero-order chi connectivity index (χ0) is 35.6. The van der Waals surface area contributed by atoms with E-state index in [0.29, 0.717) is 60.5 Å². The Morgan fingerprint density at radius 2 is 1.61 bits per heavy atom. The first-order valence-corrected chi connectivity index (χ1v) is 18.5. The van der Waals surface area contributed by atoms with Crippen molar-refractivity contribution in [2.45, 2.75) is 90.3 Å². The summed E-state index contributed by atoms with van der Waals surface area (Å²) in [5, 5.41) is 0.496. The van der Waals surface area contributed by atoms with Crippen molar-refractivity contribution in [2.24, 2.45) is 0 Å². The van der Waals surface area contributed by atoms with E-state index in [2.05, 4.69) is 16.5 Å². The number of nitrogens with zero attached hydrogens (tertiary/aromatic N) is 4. The summed E-state index contributed by atoms with van der Waals surface area (Å²) in [5.74, 6) is 0.669. The molecule has 49 heavy (non-hydrogen) atoms. The fourth-order valence-electron chi connectivity index (χ4n) is 6.00. The Labute approximate surface area is 290 Å². The van der Waals surface area contributed by atoms with Crippen LogP contribution in [0.15, 0.2) is 76.4 Å². The van der Waals surface area contributed by atoms with Crippen molar-refractivity contribution >= 4 is 32.7 Å². The van der Waals surface area contributed by atoms with Crippen LogP contribution in [0.1, 0.15) is 72.7 Å². The number of aryl methyl sites for hydroxylation is 1. The van der Waals surface area contributed by atoms with E-state index in [4.69, 9.17) is 9.72 Å². The van der Waals surface area contributed by atoms with Crippen LogP contribution in [0.4, 0.5) is 10.5 Å². The van der Waals surface area contributed by atoms with Gasteiger partial charge in [0, 0.05) is 49.4 Å². The highest BCUT2D eigenvalue weighted by Gasteiger charge is 2.28. The van der Waals surface area contributed by atoms with Gasteiger partial charge < -0.3 is 14.5 Å². The van der Waals surface area contributed by atoms with Gasteiger partial charge in [-0.25, -0.2) is 22.9 Å². The van der Waals surface area contributed by atoms with E-state index in [1.165, 1.54) is 0 Å². The maximum absolute atomic E-state index is 14.3. The van der Waals surface area contributed by atoms with Crippen LogP contribution in [0.2, 0.25) is 0 Å². The van der Waals surface area contributed by atoms with Crippen LogP contribution in [-0.2, 0) is 27.7 Å². The Balaban J connectivity index is 1.51. The summed E-state index contributed by atoms with van der Waals surface area (Å²) >= 11 is 0. The summed E-state index contributed by atoms with van der Waals surface area (Å²) in [7, 11) is -3.91. The first-order chi connectivity index (χ1) is 23.0. The third-order valence-corrected chi connectivity index (χ3v) is 10.1. The van der Waals surface area contributed by atoms with Gasteiger partial charge in [0.2, 0.25) is 10.0 Å². The third kappa shape index (κ3) is 8.88. The molecule has 0 saturated carbocycles. The number of carbonyl (C=O) groups excluding carboxylic acids is 1. The molecule has 0 spiro atoms. The van der Waals surface area contributed by atoms with Gasteiger partial charge in [-0.2, -0.15) is 0 Å². The summed E-state index contributed by atoms with van der Waals surface area (Å²) in [5.41, 5.74) is 2.16. The number of hydrogen-bond donors (Lipinski definition) is 1. The molecule has 4 aromatic rings. The van der Waals surface area contributed by atoms with E-state index in [0.717, 1.165) is 24.1 Å². The SMILES string of the molecule is CCCCc1nc2ccc(N3CCN(C(=O)OC(C)(C)C)CC3)cc2c(=O)n1Cc1ccc(-c2ccccc2)c(S(=O)(=O)NC(C)(C)C)c1. The molecule has 0 unspecified atom stereocenters. The molecule has 0 atom stereocenters. The van der Waals surface area contributed by atoms with E-state index in [9.17, 15) is 18.0 Å². The maximum Gasteiger partial charge on any atom is 0.410 e. The van der Waals surface area contributed by atoms with Crippen molar-refractivity contribution in [3.05, 3.63) is 88.5 Å². The molecule has 262 valence electrons. The second kappa shape index (κ2) is 14.3. The van der Waals surface area contributed by atoms with Gasteiger partial charge in [0.15, 0.2) is 0 Å². The molecule has 0 aliphatic carbocycles. The molecular formula is C38H49N5O5S. The highest BCUT2D eigenvalue weighted by molar-refractivity contribution is 7.89.